The van der Waals surface area contributed by atoms with Crippen LogP contribution in [0.1, 0.15) is 47.8 Å². The Kier molecular flexibility index (Phi) is 10.2. The van der Waals surface area contributed by atoms with Gasteiger partial charge in [-0.15, -0.1) is 0 Å². The summed E-state index contributed by atoms with van der Waals surface area (Å²) in [5.74, 6) is -3.82. The highest BCUT2D eigenvalue weighted by atomic mass is 16.5. The normalized spacial score (nSPS) is 11.2. The quantitative estimate of drug-likeness (QED) is 0.187. The van der Waals surface area contributed by atoms with Gasteiger partial charge in [0.2, 0.25) is 0 Å². The van der Waals surface area contributed by atoms with Gasteiger partial charge in [-0.25, -0.2) is 14.4 Å². The summed E-state index contributed by atoms with van der Waals surface area (Å²) < 4.78 is 26.9. The Hall–Kier alpha value is -5.30. The van der Waals surface area contributed by atoms with Gasteiger partial charge in [-0.3, -0.25) is 4.79 Å². The van der Waals surface area contributed by atoms with E-state index in [-0.39, 0.29) is 45.3 Å². The zero-order chi connectivity index (χ0) is 32.0. The maximum atomic E-state index is 13.2. The summed E-state index contributed by atoms with van der Waals surface area (Å²) in [6, 6.07) is 6.71. The van der Waals surface area contributed by atoms with Crippen LogP contribution >= 0.6 is 0 Å². The number of aliphatic hydroxyl groups excluding tert-OH is 1. The average Bonchev–Trinajstić information content (AvgIpc) is 2.94. The lowest BCUT2D eigenvalue weighted by molar-refractivity contribution is -0.140. The minimum Gasteiger partial charge on any atom is -0.507 e. The van der Waals surface area contributed by atoms with E-state index in [0.29, 0.717) is 16.9 Å². The molecular formula is C30H31NO12. The van der Waals surface area contributed by atoms with Crippen molar-refractivity contribution < 1.29 is 58.2 Å². The first-order valence-electron chi connectivity index (χ1n) is 12.7. The number of carbonyl (C=O) groups excluding carboxylic acids is 3. The van der Waals surface area contributed by atoms with Crippen LogP contribution in [-0.4, -0.2) is 73.1 Å². The standard InChI is InChI=1S/C30H31NO12/c1-14-8-18(10-21(33)24(14)27(34)31-20(13-32)28(35)36)42-29(37)26-16(3)9-19(12-23(26)41-6)43-30(38)25-15(2)7-17(39-4)11-22(25)40-5/h7-12,20,32-33H,13H2,1-6H3,(H,31,34)(H,35,36)/t20-/m1/s1. The van der Waals surface area contributed by atoms with Gasteiger partial charge >= 0.3 is 17.9 Å². The number of carboxylic acid groups (broad SMARTS) is 1. The number of carbonyl (C=O) groups is 4. The number of methoxy groups -OCH3 is 3. The molecule has 0 heterocycles. The van der Waals surface area contributed by atoms with Gasteiger partial charge in [0.25, 0.3) is 5.91 Å². The Bertz CT molecular complexity index is 1560. The van der Waals surface area contributed by atoms with Crippen LogP contribution in [0.3, 0.4) is 0 Å². The molecule has 3 rings (SSSR count). The number of aromatic hydroxyl groups is 1. The highest BCUT2D eigenvalue weighted by molar-refractivity contribution is 6.01. The second kappa shape index (κ2) is 13.6. The van der Waals surface area contributed by atoms with Crippen molar-refractivity contribution in [3.63, 3.8) is 0 Å². The molecule has 13 heteroatoms. The van der Waals surface area contributed by atoms with Crippen LogP contribution in [0, 0.1) is 20.8 Å². The first-order valence-corrected chi connectivity index (χ1v) is 12.7. The summed E-state index contributed by atoms with van der Waals surface area (Å²) in [4.78, 5) is 49.9. The molecule has 0 aliphatic rings. The van der Waals surface area contributed by atoms with E-state index in [9.17, 15) is 24.3 Å². The fourth-order valence-electron chi connectivity index (χ4n) is 4.29. The van der Waals surface area contributed by atoms with Gasteiger partial charge in [0.05, 0.1) is 33.5 Å². The van der Waals surface area contributed by atoms with Crippen LogP contribution in [0.15, 0.2) is 36.4 Å². The van der Waals surface area contributed by atoms with Gasteiger partial charge in [-0.05, 0) is 55.7 Å². The van der Waals surface area contributed by atoms with E-state index in [0.717, 1.165) is 6.07 Å². The predicted molar refractivity (Wildman–Crippen MR) is 151 cm³/mol. The van der Waals surface area contributed by atoms with Crippen LogP contribution in [0.5, 0.6) is 34.5 Å². The Morgan fingerprint density at radius 3 is 1.56 bits per heavy atom. The molecule has 0 aliphatic carbocycles. The first-order chi connectivity index (χ1) is 20.3. The van der Waals surface area contributed by atoms with Gasteiger partial charge in [-0.1, -0.05) is 0 Å². The van der Waals surface area contributed by atoms with Gasteiger partial charge in [0, 0.05) is 18.2 Å². The summed E-state index contributed by atoms with van der Waals surface area (Å²) >= 11 is 0. The molecule has 228 valence electrons. The number of carboxylic acids is 1. The Balaban J connectivity index is 1.86. The molecule has 43 heavy (non-hydrogen) atoms. The third-order valence-electron chi connectivity index (χ3n) is 6.35. The number of aliphatic carboxylic acids is 1. The zero-order valence-electron chi connectivity index (χ0n) is 24.3. The molecule has 0 unspecified atom stereocenters. The van der Waals surface area contributed by atoms with E-state index in [1.54, 1.807) is 26.0 Å². The lowest BCUT2D eigenvalue weighted by Gasteiger charge is -2.16. The lowest BCUT2D eigenvalue weighted by atomic mass is 10.0. The number of phenols is 1. The summed E-state index contributed by atoms with van der Waals surface area (Å²) in [5, 5.41) is 30.7. The molecule has 0 spiro atoms. The predicted octanol–water partition coefficient (Wildman–Crippen LogP) is 2.96. The van der Waals surface area contributed by atoms with E-state index in [1.807, 2.05) is 0 Å². The van der Waals surface area contributed by atoms with Gasteiger partial charge in [0.15, 0.2) is 6.04 Å². The number of hydrogen-bond acceptors (Lipinski definition) is 11. The SMILES string of the molecule is COc1cc(C)c(C(=O)Oc2cc(C)c(C(=O)Oc3cc(C)c(C(=O)N[C@H](CO)C(=O)O)c(O)c3)c(OC)c2)c(OC)c1. The van der Waals surface area contributed by atoms with Crippen LogP contribution in [-0.2, 0) is 4.79 Å². The molecule has 13 nitrogen and oxygen atoms in total. The second-order valence-corrected chi connectivity index (χ2v) is 9.30. The molecule has 4 N–H and O–H groups in total. The van der Waals surface area contributed by atoms with E-state index in [4.69, 9.17) is 33.9 Å². The molecular weight excluding hydrogens is 566 g/mol. The minimum atomic E-state index is -1.58. The molecule has 0 bridgehead atoms. The third kappa shape index (κ3) is 7.13. The number of amides is 1. The van der Waals surface area contributed by atoms with E-state index < -0.39 is 42.2 Å². The van der Waals surface area contributed by atoms with Crippen molar-refractivity contribution in [3.05, 3.63) is 69.8 Å². The molecule has 0 saturated carbocycles. The molecule has 3 aromatic carbocycles. The molecule has 0 radical (unpaired) electrons. The number of aliphatic hydroxyl groups is 1. The topological polar surface area (TPSA) is 187 Å². The number of phenolic OH excluding ortho intramolecular Hbond substituents is 1. The van der Waals surface area contributed by atoms with E-state index in [1.165, 1.54) is 46.5 Å². The van der Waals surface area contributed by atoms with Gasteiger partial charge in [-0.2, -0.15) is 0 Å². The van der Waals surface area contributed by atoms with Gasteiger partial charge < -0.3 is 44.3 Å². The molecule has 0 aliphatic heterocycles. The van der Waals surface area contributed by atoms with Crippen molar-refractivity contribution >= 4 is 23.8 Å². The third-order valence-corrected chi connectivity index (χ3v) is 6.35. The number of nitrogens with one attached hydrogen (secondary N) is 1. The molecule has 0 aromatic heterocycles. The zero-order valence-corrected chi connectivity index (χ0v) is 24.3. The molecule has 0 fully saturated rings. The van der Waals surface area contributed by atoms with E-state index >= 15 is 0 Å². The van der Waals surface area contributed by atoms with Crippen molar-refractivity contribution in [2.75, 3.05) is 27.9 Å². The summed E-state index contributed by atoms with van der Waals surface area (Å²) in [5.41, 5.74) is 0.992. The highest BCUT2D eigenvalue weighted by Gasteiger charge is 2.26. The maximum absolute atomic E-state index is 13.2. The van der Waals surface area contributed by atoms with Gasteiger partial charge in [0.1, 0.15) is 45.6 Å². The van der Waals surface area contributed by atoms with Crippen molar-refractivity contribution in [2.45, 2.75) is 26.8 Å². The van der Waals surface area contributed by atoms with E-state index in [2.05, 4.69) is 5.32 Å². The Labute approximate surface area is 246 Å². The largest absolute Gasteiger partial charge is 0.507 e. The fraction of sp³-hybridized carbons (Fsp3) is 0.267. The monoisotopic (exact) mass is 597 g/mol. The molecule has 1 atom stereocenters. The van der Waals surface area contributed by atoms with Crippen LogP contribution < -0.4 is 29.0 Å². The summed E-state index contributed by atoms with van der Waals surface area (Å²) in [6.07, 6.45) is 0. The first kappa shape index (κ1) is 32.2. The van der Waals surface area contributed by atoms with Crippen molar-refractivity contribution in [2.24, 2.45) is 0 Å². The number of esters is 2. The summed E-state index contributed by atoms with van der Waals surface area (Å²) in [6.45, 7) is 3.86. The minimum absolute atomic E-state index is 0.00622. The smallest absolute Gasteiger partial charge is 0.347 e. The molecule has 3 aromatic rings. The Morgan fingerprint density at radius 2 is 1.14 bits per heavy atom. The van der Waals surface area contributed by atoms with Crippen LogP contribution in [0.4, 0.5) is 0 Å². The number of ether oxygens (including phenoxy) is 5. The number of aryl methyl sites for hydroxylation is 3. The molecule has 1 amide bonds. The molecule has 0 saturated heterocycles. The number of hydrogen-bond donors (Lipinski definition) is 4. The maximum Gasteiger partial charge on any atom is 0.347 e. The van der Waals surface area contributed by atoms with Crippen LogP contribution in [0.2, 0.25) is 0 Å². The Morgan fingerprint density at radius 1 is 0.698 bits per heavy atom. The van der Waals surface area contributed by atoms with Crippen LogP contribution in [0.25, 0.3) is 0 Å². The average molecular weight is 598 g/mol. The van der Waals surface area contributed by atoms with Crippen molar-refractivity contribution in [1.82, 2.24) is 5.32 Å². The van der Waals surface area contributed by atoms with Crippen molar-refractivity contribution in [3.8, 4) is 34.5 Å². The number of rotatable bonds is 11. The second-order valence-electron chi connectivity index (χ2n) is 9.30. The lowest BCUT2D eigenvalue weighted by Crippen LogP contribution is -2.43. The fourth-order valence-corrected chi connectivity index (χ4v) is 4.29. The van der Waals surface area contributed by atoms with Crippen molar-refractivity contribution in [1.29, 1.82) is 0 Å². The summed E-state index contributed by atoms with van der Waals surface area (Å²) in [7, 11) is 4.21. The number of benzene rings is 3. The highest BCUT2D eigenvalue weighted by Crippen LogP contribution is 2.34.